The number of carboxylic acids is 1. The topological polar surface area (TPSA) is 448 Å². The molecule has 0 aliphatic rings. The molecule has 0 heterocycles. The Labute approximate surface area is 338 Å². The molecule has 0 aromatic heterocycles. The number of amides is 5. The van der Waals surface area contributed by atoms with Crippen molar-refractivity contribution in [1.29, 1.82) is 0 Å². The van der Waals surface area contributed by atoms with Gasteiger partial charge >= 0.3 is 5.97 Å². The molecule has 0 bridgehead atoms. The van der Waals surface area contributed by atoms with Crippen molar-refractivity contribution in [3.63, 3.8) is 0 Å². The number of nitrogens with zero attached hydrogens (tertiary/aromatic N) is 3. The number of rotatable bonds is 30. The van der Waals surface area contributed by atoms with Crippen molar-refractivity contribution in [2.24, 2.45) is 66.8 Å². The Balaban J connectivity index is 6.25. The van der Waals surface area contributed by atoms with Gasteiger partial charge < -0.3 is 82.7 Å². The molecule has 23 N–H and O–H groups in total. The highest BCUT2D eigenvalue weighted by molar-refractivity contribution is 5.96. The number of unbranched alkanes of at least 4 members (excludes halogenated alkanes) is 1. The number of hydrogen-bond acceptors (Lipinski definition) is 12. The number of carbonyl (C=O) groups is 6. The number of guanidine groups is 3. The first kappa shape index (κ1) is 52.5. The number of aliphatic imine (C=N–C) groups is 3. The maximum atomic E-state index is 13.8. The fraction of sp³-hybridized carbons (Fsp3) is 0.735. The Hall–Kier alpha value is -5.49. The minimum atomic E-state index is -1.61. The van der Waals surface area contributed by atoms with Crippen molar-refractivity contribution in [2.45, 2.75) is 127 Å². The monoisotopic (exact) mass is 829 g/mol. The molecule has 0 saturated heterocycles. The van der Waals surface area contributed by atoms with Crippen LogP contribution < -0.4 is 72.5 Å². The van der Waals surface area contributed by atoms with Crippen LogP contribution in [0.15, 0.2) is 15.0 Å². The molecule has 58 heavy (non-hydrogen) atoms. The molecule has 0 aliphatic carbocycles. The summed E-state index contributed by atoms with van der Waals surface area (Å²) in [5.41, 5.74) is 43.8. The molecule has 332 valence electrons. The molecular weight excluding hydrogens is 760 g/mol. The molecular formula is C34H68N16O8. The van der Waals surface area contributed by atoms with Crippen LogP contribution in [-0.2, 0) is 28.8 Å². The van der Waals surface area contributed by atoms with E-state index < -0.39 is 77.9 Å². The van der Waals surface area contributed by atoms with Gasteiger partial charge in [-0.3, -0.25) is 38.9 Å². The summed E-state index contributed by atoms with van der Waals surface area (Å²) < 4.78 is 0. The van der Waals surface area contributed by atoms with Crippen molar-refractivity contribution in [1.82, 2.24) is 26.6 Å². The molecule has 24 heteroatoms. The number of carbonyl (C=O) groups excluding carboxylic acids is 5. The van der Waals surface area contributed by atoms with Gasteiger partial charge in [-0.15, -0.1) is 0 Å². The molecule has 0 aromatic carbocycles. The van der Waals surface area contributed by atoms with Crippen molar-refractivity contribution in [3.05, 3.63) is 0 Å². The lowest BCUT2D eigenvalue weighted by molar-refractivity contribution is -0.142. The van der Waals surface area contributed by atoms with E-state index in [2.05, 4.69) is 41.6 Å². The first-order valence-electron chi connectivity index (χ1n) is 19.2. The van der Waals surface area contributed by atoms with Gasteiger partial charge in [-0.1, -0.05) is 20.3 Å². The van der Waals surface area contributed by atoms with Gasteiger partial charge in [0, 0.05) is 19.6 Å². The Morgan fingerprint density at radius 1 is 0.534 bits per heavy atom. The van der Waals surface area contributed by atoms with Gasteiger partial charge in [-0.05, 0) is 77.2 Å². The summed E-state index contributed by atoms with van der Waals surface area (Å²) in [7, 11) is 0. The molecule has 0 aliphatic heterocycles. The summed E-state index contributed by atoms with van der Waals surface area (Å²) in [5, 5.41) is 33.0. The van der Waals surface area contributed by atoms with Crippen molar-refractivity contribution in [2.75, 3.05) is 26.2 Å². The lowest BCUT2D eigenvalue weighted by Gasteiger charge is -2.28. The fourth-order valence-electron chi connectivity index (χ4n) is 5.39. The number of aliphatic carboxylic acids is 1. The maximum Gasteiger partial charge on any atom is 0.326 e. The summed E-state index contributed by atoms with van der Waals surface area (Å²) in [5.74, 6) is -6.11. The summed E-state index contributed by atoms with van der Waals surface area (Å²) in [6.07, 6.45) is 0.709. The van der Waals surface area contributed by atoms with E-state index in [4.69, 9.17) is 45.9 Å². The van der Waals surface area contributed by atoms with Crippen LogP contribution in [0.3, 0.4) is 0 Å². The number of nitrogens with one attached hydrogen (secondary N) is 5. The molecule has 24 nitrogen and oxygen atoms in total. The number of hydrogen-bond donors (Lipinski definition) is 15. The second kappa shape index (κ2) is 28.8. The van der Waals surface area contributed by atoms with Crippen LogP contribution in [0.2, 0.25) is 0 Å². The van der Waals surface area contributed by atoms with Crippen LogP contribution >= 0.6 is 0 Å². The van der Waals surface area contributed by atoms with Crippen LogP contribution in [0, 0.1) is 5.92 Å². The van der Waals surface area contributed by atoms with E-state index in [9.17, 15) is 39.0 Å². The lowest BCUT2D eigenvalue weighted by Crippen LogP contribution is -2.61. The van der Waals surface area contributed by atoms with E-state index >= 15 is 0 Å². The SMILES string of the molecule is CC(C)C[C@H](NC(=O)[C@@H](NC(=O)[C@H](CCCN=C(N)N)NC(=O)[C@@H](N)CCCCN)[C@@H](C)O)C(=O)N[C@@H](CCCN=C(N)N)C(=O)N[C@@H](CCCN=C(N)N)C(=O)O. The average molecular weight is 829 g/mol. The highest BCUT2D eigenvalue weighted by Gasteiger charge is 2.34. The van der Waals surface area contributed by atoms with Crippen LogP contribution in [0.1, 0.15) is 85.0 Å². The number of carboxylic acid groups (broad SMARTS) is 1. The Morgan fingerprint density at radius 2 is 0.931 bits per heavy atom. The zero-order valence-corrected chi connectivity index (χ0v) is 33.8. The molecule has 7 atom stereocenters. The molecule has 0 spiro atoms. The second-order valence-electron chi connectivity index (χ2n) is 14.2. The smallest absolute Gasteiger partial charge is 0.326 e. The standard InChI is InChI=1S/C34H68N16O8/c1-18(2)17-24(29(55)47-21(10-6-14-43-32(37)38)27(53)48-23(31(57)58)12-8-16-45-34(41)42)49-30(56)25(19(3)51)50-28(54)22(11-7-15-44-33(39)40)46-26(52)20(36)9-4-5-13-35/h18-25,51H,4-17,35-36H2,1-3H3,(H,46,52)(H,47,55)(H,48,53)(H,49,56)(H,50,54)(H,57,58)(H4,37,38,43)(H4,39,40,44)(H4,41,42,45)/t19-,20+,21+,22+,23+,24+,25+/m1/s1. The number of aliphatic hydroxyl groups is 1. The lowest BCUT2D eigenvalue weighted by atomic mass is 10.0. The van der Waals surface area contributed by atoms with Crippen molar-refractivity contribution < 1.29 is 39.0 Å². The predicted octanol–water partition coefficient (Wildman–Crippen LogP) is -5.46. The number of nitrogens with two attached hydrogens (primary N) is 8. The largest absolute Gasteiger partial charge is 0.480 e. The third-order valence-electron chi connectivity index (χ3n) is 8.43. The molecule has 0 aromatic rings. The van der Waals surface area contributed by atoms with Gasteiger partial charge in [-0.25, -0.2) is 4.79 Å². The van der Waals surface area contributed by atoms with Crippen LogP contribution in [0.5, 0.6) is 0 Å². The Bertz CT molecular complexity index is 1400. The molecule has 5 amide bonds. The summed E-state index contributed by atoms with van der Waals surface area (Å²) in [4.78, 5) is 91.0. The highest BCUT2D eigenvalue weighted by atomic mass is 16.4. The van der Waals surface area contributed by atoms with Gasteiger partial charge in [0.15, 0.2) is 17.9 Å². The predicted molar refractivity (Wildman–Crippen MR) is 219 cm³/mol. The van der Waals surface area contributed by atoms with Crippen molar-refractivity contribution in [3.8, 4) is 0 Å². The number of aliphatic hydroxyl groups excluding tert-OH is 1. The summed E-state index contributed by atoms with van der Waals surface area (Å²) >= 11 is 0. The van der Waals surface area contributed by atoms with E-state index in [1.54, 1.807) is 13.8 Å². The minimum absolute atomic E-state index is 0.0298. The van der Waals surface area contributed by atoms with Gasteiger partial charge in [0.1, 0.15) is 30.2 Å². The van der Waals surface area contributed by atoms with E-state index in [1.165, 1.54) is 6.92 Å². The van der Waals surface area contributed by atoms with E-state index in [0.29, 0.717) is 25.8 Å². The van der Waals surface area contributed by atoms with E-state index in [-0.39, 0.29) is 88.4 Å². The highest BCUT2D eigenvalue weighted by Crippen LogP contribution is 2.10. The fourth-order valence-corrected chi connectivity index (χ4v) is 5.39. The molecule has 0 rings (SSSR count). The summed E-state index contributed by atoms with van der Waals surface area (Å²) in [6.45, 7) is 5.53. The van der Waals surface area contributed by atoms with Gasteiger partial charge in [-0.2, -0.15) is 0 Å². The quantitative estimate of drug-likeness (QED) is 0.0182. The average Bonchev–Trinajstić information content (AvgIpc) is 3.12. The van der Waals surface area contributed by atoms with Gasteiger partial charge in [0.2, 0.25) is 29.5 Å². The molecule has 0 saturated carbocycles. The molecule has 0 radical (unpaired) electrons. The van der Waals surface area contributed by atoms with E-state index in [1.807, 2.05) is 0 Å². The minimum Gasteiger partial charge on any atom is -0.480 e. The third-order valence-corrected chi connectivity index (χ3v) is 8.43. The molecule has 0 unspecified atom stereocenters. The second-order valence-corrected chi connectivity index (χ2v) is 14.2. The first-order chi connectivity index (χ1) is 27.2. The van der Waals surface area contributed by atoms with Gasteiger partial charge in [0.05, 0.1) is 12.1 Å². The zero-order chi connectivity index (χ0) is 44.4. The van der Waals surface area contributed by atoms with Crippen molar-refractivity contribution >= 4 is 53.4 Å². The third kappa shape index (κ3) is 23.5. The first-order valence-corrected chi connectivity index (χ1v) is 19.2. The normalized spacial score (nSPS) is 14.5. The van der Waals surface area contributed by atoms with Crippen LogP contribution in [-0.4, -0.2) is 132 Å². The van der Waals surface area contributed by atoms with Crippen LogP contribution in [0.25, 0.3) is 0 Å². The molecule has 0 fully saturated rings. The van der Waals surface area contributed by atoms with Crippen LogP contribution in [0.4, 0.5) is 0 Å². The maximum absolute atomic E-state index is 13.8. The Morgan fingerprint density at radius 3 is 1.34 bits per heavy atom. The summed E-state index contributed by atoms with van der Waals surface area (Å²) in [6, 6.07) is -7.73. The zero-order valence-electron chi connectivity index (χ0n) is 33.8. The Kier molecular flexibility index (Phi) is 26.1. The van der Waals surface area contributed by atoms with E-state index in [0.717, 1.165) is 0 Å². The van der Waals surface area contributed by atoms with Gasteiger partial charge in [0.25, 0.3) is 0 Å².